The van der Waals surface area contributed by atoms with Gasteiger partial charge < -0.3 is 10.1 Å². The van der Waals surface area contributed by atoms with Crippen LogP contribution in [0.15, 0.2) is 16.3 Å². The lowest BCUT2D eigenvalue weighted by Gasteiger charge is -2.11. The second-order valence-electron chi connectivity index (χ2n) is 4.57. The number of thiophene rings is 1. The van der Waals surface area contributed by atoms with Gasteiger partial charge in [0.2, 0.25) is 10.0 Å². The quantitative estimate of drug-likeness (QED) is 0.793. The average molecular weight is 304 g/mol. The Hall–Kier alpha value is -0.470. The van der Waals surface area contributed by atoms with E-state index in [1.165, 1.54) is 11.3 Å². The first kappa shape index (κ1) is 14.9. The van der Waals surface area contributed by atoms with Gasteiger partial charge in [-0.3, -0.25) is 0 Å². The zero-order chi connectivity index (χ0) is 13.7. The van der Waals surface area contributed by atoms with E-state index in [9.17, 15) is 8.42 Å². The number of ether oxygens (including phenoxy) is 1. The lowest BCUT2D eigenvalue weighted by Crippen LogP contribution is -2.30. The Balaban J connectivity index is 1.99. The van der Waals surface area contributed by atoms with E-state index in [4.69, 9.17) is 4.74 Å². The third-order valence-electron chi connectivity index (χ3n) is 3.12. The topological polar surface area (TPSA) is 67.4 Å². The normalized spacial score (nSPS) is 19.9. The van der Waals surface area contributed by atoms with Crippen molar-refractivity contribution in [1.82, 2.24) is 10.0 Å². The molecular weight excluding hydrogens is 284 g/mol. The van der Waals surface area contributed by atoms with E-state index < -0.39 is 10.0 Å². The molecule has 1 saturated heterocycles. The van der Waals surface area contributed by atoms with Crippen LogP contribution in [0.2, 0.25) is 0 Å². The van der Waals surface area contributed by atoms with E-state index in [0.29, 0.717) is 30.5 Å². The molecule has 0 spiro atoms. The molecule has 108 valence electrons. The minimum Gasteiger partial charge on any atom is -0.381 e. The average Bonchev–Trinajstić information content (AvgIpc) is 3.05. The molecule has 5 nitrogen and oxygen atoms in total. The van der Waals surface area contributed by atoms with Gasteiger partial charge >= 0.3 is 0 Å². The van der Waals surface area contributed by atoms with Crippen molar-refractivity contribution in [3.63, 3.8) is 0 Å². The van der Waals surface area contributed by atoms with Crippen LogP contribution in [0.5, 0.6) is 0 Å². The monoisotopic (exact) mass is 304 g/mol. The first-order valence-electron chi connectivity index (χ1n) is 6.48. The summed E-state index contributed by atoms with van der Waals surface area (Å²) < 4.78 is 32.5. The molecule has 0 aliphatic carbocycles. The summed E-state index contributed by atoms with van der Waals surface area (Å²) in [5.74, 6) is 0.297. The third-order valence-corrected chi connectivity index (χ3v) is 5.67. The van der Waals surface area contributed by atoms with Gasteiger partial charge in [-0.1, -0.05) is 6.92 Å². The fourth-order valence-electron chi connectivity index (χ4n) is 1.99. The molecule has 0 amide bonds. The standard InChI is InChI=1S/C12H20N2O3S2/c1-2-13-8-11-12(4-6-18-11)19(15,16)14-7-10-3-5-17-9-10/h4,6,10,13-14H,2-3,5,7-9H2,1H3. The zero-order valence-electron chi connectivity index (χ0n) is 11.0. The van der Waals surface area contributed by atoms with Crippen LogP contribution in [0.25, 0.3) is 0 Å². The lowest BCUT2D eigenvalue weighted by molar-refractivity contribution is 0.186. The van der Waals surface area contributed by atoms with Crippen LogP contribution in [-0.4, -0.2) is 34.7 Å². The van der Waals surface area contributed by atoms with Gasteiger partial charge in [-0.15, -0.1) is 11.3 Å². The molecule has 1 atom stereocenters. The van der Waals surface area contributed by atoms with Gasteiger partial charge in [-0.05, 0) is 30.3 Å². The highest BCUT2D eigenvalue weighted by molar-refractivity contribution is 7.89. The van der Waals surface area contributed by atoms with Crippen molar-refractivity contribution in [2.75, 3.05) is 26.3 Å². The van der Waals surface area contributed by atoms with Crippen LogP contribution in [0.1, 0.15) is 18.2 Å². The number of rotatable bonds is 7. The summed E-state index contributed by atoms with van der Waals surface area (Å²) in [6.45, 7) is 5.26. The molecule has 1 aliphatic rings. The van der Waals surface area contributed by atoms with E-state index >= 15 is 0 Å². The predicted octanol–water partition coefficient (Wildman–Crippen LogP) is 1.17. The molecular formula is C12H20N2O3S2. The fourth-order valence-corrected chi connectivity index (χ4v) is 4.51. The van der Waals surface area contributed by atoms with Crippen LogP contribution in [0.4, 0.5) is 0 Å². The van der Waals surface area contributed by atoms with E-state index in [1.54, 1.807) is 6.07 Å². The summed E-state index contributed by atoms with van der Waals surface area (Å²) in [7, 11) is -3.40. The summed E-state index contributed by atoms with van der Waals surface area (Å²) in [5, 5.41) is 4.98. The molecule has 1 unspecified atom stereocenters. The molecule has 1 fully saturated rings. The van der Waals surface area contributed by atoms with Crippen molar-refractivity contribution >= 4 is 21.4 Å². The summed E-state index contributed by atoms with van der Waals surface area (Å²) in [6.07, 6.45) is 0.927. The van der Waals surface area contributed by atoms with E-state index in [2.05, 4.69) is 10.0 Å². The molecule has 0 bridgehead atoms. The molecule has 19 heavy (non-hydrogen) atoms. The Kier molecular flexibility index (Phi) is 5.35. The highest BCUT2D eigenvalue weighted by atomic mass is 32.2. The highest BCUT2D eigenvalue weighted by Gasteiger charge is 2.22. The van der Waals surface area contributed by atoms with Gasteiger partial charge in [0.15, 0.2) is 0 Å². The lowest BCUT2D eigenvalue weighted by atomic mass is 10.1. The van der Waals surface area contributed by atoms with Crippen molar-refractivity contribution in [3.05, 3.63) is 16.3 Å². The maximum absolute atomic E-state index is 12.3. The molecule has 0 radical (unpaired) electrons. The second kappa shape index (κ2) is 6.81. The molecule has 7 heteroatoms. The first-order chi connectivity index (χ1) is 9.13. The Labute approximate surface area is 118 Å². The number of hydrogen-bond acceptors (Lipinski definition) is 5. The molecule has 0 aromatic carbocycles. The van der Waals surface area contributed by atoms with Crippen molar-refractivity contribution in [3.8, 4) is 0 Å². The molecule has 1 aromatic heterocycles. The molecule has 0 saturated carbocycles. The number of nitrogens with one attached hydrogen (secondary N) is 2. The fraction of sp³-hybridized carbons (Fsp3) is 0.667. The van der Waals surface area contributed by atoms with Crippen molar-refractivity contribution in [1.29, 1.82) is 0 Å². The van der Waals surface area contributed by atoms with E-state index in [0.717, 1.165) is 24.4 Å². The molecule has 1 aliphatic heterocycles. The summed E-state index contributed by atoms with van der Waals surface area (Å²) in [4.78, 5) is 1.26. The van der Waals surface area contributed by atoms with Gasteiger partial charge in [0.05, 0.1) is 11.5 Å². The number of sulfonamides is 1. The van der Waals surface area contributed by atoms with Crippen molar-refractivity contribution in [2.24, 2.45) is 5.92 Å². The maximum atomic E-state index is 12.3. The SMILES string of the molecule is CCNCc1sccc1S(=O)(=O)NCC1CCOC1. The Morgan fingerprint density at radius 2 is 2.37 bits per heavy atom. The summed E-state index contributed by atoms with van der Waals surface area (Å²) >= 11 is 1.47. The van der Waals surface area contributed by atoms with E-state index in [1.807, 2.05) is 12.3 Å². The smallest absolute Gasteiger partial charge is 0.241 e. The van der Waals surface area contributed by atoms with Crippen LogP contribution in [0, 0.1) is 5.92 Å². The minimum absolute atomic E-state index is 0.297. The van der Waals surface area contributed by atoms with Crippen molar-refractivity contribution in [2.45, 2.75) is 24.8 Å². The highest BCUT2D eigenvalue weighted by Crippen LogP contribution is 2.22. The van der Waals surface area contributed by atoms with E-state index in [-0.39, 0.29) is 0 Å². The minimum atomic E-state index is -3.40. The largest absolute Gasteiger partial charge is 0.381 e. The molecule has 2 heterocycles. The predicted molar refractivity (Wildman–Crippen MR) is 75.8 cm³/mol. The van der Waals surface area contributed by atoms with Gasteiger partial charge in [0.1, 0.15) is 0 Å². The molecule has 1 aromatic rings. The molecule has 2 N–H and O–H groups in total. The van der Waals surface area contributed by atoms with Crippen LogP contribution in [0.3, 0.4) is 0 Å². The van der Waals surface area contributed by atoms with Crippen LogP contribution >= 0.6 is 11.3 Å². The second-order valence-corrected chi connectivity index (χ2v) is 7.31. The maximum Gasteiger partial charge on any atom is 0.241 e. The Morgan fingerprint density at radius 1 is 1.53 bits per heavy atom. The third kappa shape index (κ3) is 4.00. The zero-order valence-corrected chi connectivity index (χ0v) is 12.6. The summed E-state index contributed by atoms with van der Waals surface area (Å²) in [5.41, 5.74) is 0. The Morgan fingerprint density at radius 3 is 3.05 bits per heavy atom. The first-order valence-corrected chi connectivity index (χ1v) is 8.84. The van der Waals surface area contributed by atoms with Gasteiger partial charge in [-0.25, -0.2) is 13.1 Å². The van der Waals surface area contributed by atoms with Crippen LogP contribution in [-0.2, 0) is 21.3 Å². The van der Waals surface area contributed by atoms with Gasteiger partial charge in [0.25, 0.3) is 0 Å². The van der Waals surface area contributed by atoms with Crippen molar-refractivity contribution < 1.29 is 13.2 Å². The number of hydrogen-bond donors (Lipinski definition) is 2. The van der Waals surface area contributed by atoms with Crippen LogP contribution < -0.4 is 10.0 Å². The Bertz CT molecular complexity index is 493. The van der Waals surface area contributed by atoms with Gasteiger partial charge in [-0.2, -0.15) is 0 Å². The summed E-state index contributed by atoms with van der Waals surface area (Å²) in [6, 6.07) is 1.67. The van der Waals surface area contributed by atoms with Gasteiger partial charge in [0, 0.05) is 24.6 Å². The molecule has 2 rings (SSSR count).